The van der Waals surface area contributed by atoms with E-state index in [2.05, 4.69) is 27.9 Å². The highest BCUT2D eigenvalue weighted by Gasteiger charge is 2.13. The van der Waals surface area contributed by atoms with Crippen LogP contribution in [0.5, 0.6) is 0 Å². The van der Waals surface area contributed by atoms with Gasteiger partial charge in [-0.2, -0.15) is 0 Å². The maximum Gasteiger partial charge on any atom is 0.170 e. The van der Waals surface area contributed by atoms with Crippen molar-refractivity contribution < 1.29 is 4.79 Å². The maximum absolute atomic E-state index is 10.9. The van der Waals surface area contributed by atoms with Gasteiger partial charge >= 0.3 is 0 Å². The van der Waals surface area contributed by atoms with Crippen molar-refractivity contribution in [2.45, 2.75) is 13.8 Å². The summed E-state index contributed by atoms with van der Waals surface area (Å²) < 4.78 is 0. The predicted octanol–water partition coefficient (Wildman–Crippen LogP) is 2.99. The zero-order chi connectivity index (χ0) is 12.7. The van der Waals surface area contributed by atoms with E-state index in [-0.39, 0.29) is 0 Å². The molecule has 3 aromatic rings. The van der Waals surface area contributed by atoms with Gasteiger partial charge in [0.1, 0.15) is 11.5 Å². The molecule has 1 aromatic carbocycles. The number of aromatic nitrogens is 3. The molecule has 0 spiro atoms. The number of rotatable bonds is 2. The molecular weight excluding hydrogens is 226 g/mol. The number of aromatic amines is 2. The lowest BCUT2D eigenvalue weighted by molar-refractivity contribution is 0.111. The molecule has 0 unspecified atom stereocenters. The van der Waals surface area contributed by atoms with Crippen LogP contribution >= 0.6 is 0 Å². The second-order valence-electron chi connectivity index (χ2n) is 4.41. The quantitative estimate of drug-likeness (QED) is 0.675. The highest BCUT2D eigenvalue weighted by molar-refractivity contribution is 5.96. The molecular formula is C14H13N3O. The van der Waals surface area contributed by atoms with Gasteiger partial charge in [0.05, 0.1) is 0 Å². The number of carbonyl (C=O) groups is 1. The molecule has 0 saturated heterocycles. The lowest BCUT2D eigenvalue weighted by Gasteiger charge is -1.98. The summed E-state index contributed by atoms with van der Waals surface area (Å²) in [5.74, 6) is 0.732. The standard InChI is InChI=1S/C14H13N3O/c1-8-4-3-5-11-13(8)10(6-15-11)14-16-9(2)12(7-18)17-14/h3-7,15H,1-2H3,(H,16,17). The van der Waals surface area contributed by atoms with E-state index in [4.69, 9.17) is 0 Å². The first kappa shape index (κ1) is 10.8. The lowest BCUT2D eigenvalue weighted by atomic mass is 10.1. The molecule has 3 rings (SSSR count). The third-order valence-corrected chi connectivity index (χ3v) is 3.20. The van der Waals surface area contributed by atoms with Crippen LogP contribution in [-0.2, 0) is 0 Å². The van der Waals surface area contributed by atoms with Crippen molar-refractivity contribution in [1.29, 1.82) is 0 Å². The third-order valence-electron chi connectivity index (χ3n) is 3.20. The Morgan fingerprint density at radius 2 is 2.11 bits per heavy atom. The van der Waals surface area contributed by atoms with Gasteiger partial charge in [-0.05, 0) is 25.5 Å². The Labute approximate surface area is 104 Å². The van der Waals surface area contributed by atoms with Crippen molar-refractivity contribution in [3.8, 4) is 11.4 Å². The minimum absolute atomic E-state index is 0.466. The fraction of sp³-hybridized carbons (Fsp3) is 0.143. The summed E-state index contributed by atoms with van der Waals surface area (Å²) in [6, 6.07) is 6.11. The van der Waals surface area contributed by atoms with Crippen LogP contribution in [0.2, 0.25) is 0 Å². The normalized spacial score (nSPS) is 11.0. The smallest absolute Gasteiger partial charge is 0.170 e. The maximum atomic E-state index is 10.9. The van der Waals surface area contributed by atoms with Crippen molar-refractivity contribution in [1.82, 2.24) is 15.0 Å². The predicted molar refractivity (Wildman–Crippen MR) is 70.7 cm³/mol. The summed E-state index contributed by atoms with van der Waals surface area (Å²) in [5.41, 5.74) is 4.52. The Kier molecular flexibility index (Phi) is 2.30. The molecule has 2 heterocycles. The minimum Gasteiger partial charge on any atom is -0.360 e. The summed E-state index contributed by atoms with van der Waals surface area (Å²) >= 11 is 0. The highest BCUT2D eigenvalue weighted by atomic mass is 16.1. The number of nitrogens with zero attached hydrogens (tertiary/aromatic N) is 1. The van der Waals surface area contributed by atoms with Gasteiger partial charge in [-0.15, -0.1) is 0 Å². The first-order chi connectivity index (χ1) is 8.70. The summed E-state index contributed by atoms with van der Waals surface area (Å²) in [5, 5.41) is 1.14. The second-order valence-corrected chi connectivity index (χ2v) is 4.41. The molecule has 4 heteroatoms. The summed E-state index contributed by atoms with van der Waals surface area (Å²) in [6.45, 7) is 3.91. The van der Waals surface area contributed by atoms with E-state index in [0.717, 1.165) is 34.3 Å². The molecule has 0 bridgehead atoms. The lowest BCUT2D eigenvalue weighted by Crippen LogP contribution is -1.82. The van der Waals surface area contributed by atoms with E-state index in [1.807, 2.05) is 25.3 Å². The van der Waals surface area contributed by atoms with Gasteiger partial charge in [-0.3, -0.25) is 4.79 Å². The number of aldehydes is 1. The van der Waals surface area contributed by atoms with Crippen molar-refractivity contribution in [3.63, 3.8) is 0 Å². The largest absolute Gasteiger partial charge is 0.360 e. The van der Waals surface area contributed by atoms with Gasteiger partial charge in [0.15, 0.2) is 6.29 Å². The van der Waals surface area contributed by atoms with Gasteiger partial charge in [0.2, 0.25) is 0 Å². The molecule has 0 aliphatic heterocycles. The zero-order valence-electron chi connectivity index (χ0n) is 10.2. The molecule has 0 amide bonds. The number of hydrogen-bond acceptors (Lipinski definition) is 2. The summed E-state index contributed by atoms with van der Waals surface area (Å²) in [6.07, 6.45) is 2.70. The van der Waals surface area contributed by atoms with E-state index in [1.165, 1.54) is 5.56 Å². The molecule has 2 N–H and O–H groups in total. The number of carbonyl (C=O) groups excluding carboxylic acids is 1. The van der Waals surface area contributed by atoms with E-state index >= 15 is 0 Å². The Morgan fingerprint density at radius 1 is 1.28 bits per heavy atom. The van der Waals surface area contributed by atoms with E-state index in [0.29, 0.717) is 5.69 Å². The fourth-order valence-electron chi connectivity index (χ4n) is 2.27. The molecule has 2 aromatic heterocycles. The molecule has 0 atom stereocenters. The molecule has 0 radical (unpaired) electrons. The minimum atomic E-state index is 0.466. The summed E-state index contributed by atoms with van der Waals surface area (Å²) in [7, 11) is 0. The zero-order valence-corrected chi connectivity index (χ0v) is 10.2. The molecule has 0 fully saturated rings. The van der Waals surface area contributed by atoms with Crippen molar-refractivity contribution >= 4 is 17.2 Å². The number of H-pyrrole nitrogens is 2. The number of fused-ring (bicyclic) bond motifs is 1. The number of hydrogen-bond donors (Lipinski definition) is 2. The van der Waals surface area contributed by atoms with Crippen molar-refractivity contribution in [2.75, 3.05) is 0 Å². The van der Waals surface area contributed by atoms with Crippen LogP contribution in [0.4, 0.5) is 0 Å². The molecule has 0 aliphatic rings. The fourth-order valence-corrected chi connectivity index (χ4v) is 2.27. The topological polar surface area (TPSA) is 61.5 Å². The molecule has 4 nitrogen and oxygen atoms in total. The van der Waals surface area contributed by atoms with Crippen molar-refractivity contribution in [2.24, 2.45) is 0 Å². The number of nitrogens with one attached hydrogen (secondary N) is 2. The van der Waals surface area contributed by atoms with Crippen LogP contribution in [0, 0.1) is 13.8 Å². The Balaban J connectivity index is 2.28. The highest BCUT2D eigenvalue weighted by Crippen LogP contribution is 2.29. The molecule has 0 aliphatic carbocycles. The number of benzene rings is 1. The molecule has 18 heavy (non-hydrogen) atoms. The first-order valence-corrected chi connectivity index (χ1v) is 5.79. The van der Waals surface area contributed by atoms with Crippen LogP contribution in [0.15, 0.2) is 24.4 Å². The molecule has 0 saturated carbocycles. The average Bonchev–Trinajstić information content (AvgIpc) is 2.93. The average molecular weight is 239 g/mol. The second kappa shape index (κ2) is 3.84. The third kappa shape index (κ3) is 1.46. The van der Waals surface area contributed by atoms with Gasteiger partial charge in [-0.1, -0.05) is 12.1 Å². The van der Waals surface area contributed by atoms with Gasteiger partial charge < -0.3 is 9.97 Å². The summed E-state index contributed by atoms with van der Waals surface area (Å²) in [4.78, 5) is 21.5. The van der Waals surface area contributed by atoms with Gasteiger partial charge in [-0.25, -0.2) is 4.98 Å². The Bertz CT molecular complexity index is 737. The van der Waals surface area contributed by atoms with Crippen LogP contribution < -0.4 is 0 Å². The van der Waals surface area contributed by atoms with E-state index in [9.17, 15) is 4.79 Å². The van der Waals surface area contributed by atoms with Gasteiger partial charge in [0, 0.05) is 28.4 Å². The Hall–Kier alpha value is -2.36. The monoisotopic (exact) mass is 239 g/mol. The van der Waals surface area contributed by atoms with Crippen LogP contribution in [0.3, 0.4) is 0 Å². The SMILES string of the molecule is Cc1[nH]c(-c2c[nH]c3cccc(C)c23)nc1C=O. The van der Waals surface area contributed by atoms with Crippen molar-refractivity contribution in [3.05, 3.63) is 41.3 Å². The Morgan fingerprint density at radius 3 is 2.83 bits per heavy atom. The number of imidazole rings is 1. The van der Waals surface area contributed by atoms with Crippen LogP contribution in [-0.4, -0.2) is 21.2 Å². The van der Waals surface area contributed by atoms with Gasteiger partial charge in [0.25, 0.3) is 0 Å². The van der Waals surface area contributed by atoms with E-state index < -0.39 is 0 Å². The van der Waals surface area contributed by atoms with Crippen LogP contribution in [0.1, 0.15) is 21.7 Å². The number of aryl methyl sites for hydroxylation is 2. The first-order valence-electron chi connectivity index (χ1n) is 5.79. The van der Waals surface area contributed by atoms with Crippen LogP contribution in [0.25, 0.3) is 22.3 Å². The van der Waals surface area contributed by atoms with E-state index in [1.54, 1.807) is 0 Å². The molecule has 90 valence electrons.